The van der Waals surface area contributed by atoms with Crippen molar-refractivity contribution in [3.8, 4) is 0 Å². The van der Waals surface area contributed by atoms with Crippen LogP contribution >= 0.6 is 0 Å². The van der Waals surface area contributed by atoms with Gasteiger partial charge >= 0.3 is 6.18 Å². The van der Waals surface area contributed by atoms with E-state index in [2.05, 4.69) is 19.9 Å². The molecule has 1 unspecified atom stereocenters. The van der Waals surface area contributed by atoms with Crippen molar-refractivity contribution in [3.63, 3.8) is 0 Å². The fourth-order valence-corrected chi connectivity index (χ4v) is 4.26. The predicted octanol–water partition coefficient (Wildman–Crippen LogP) is 3.32. The summed E-state index contributed by atoms with van der Waals surface area (Å²) in [5, 5.41) is 4.36. The second-order valence-electron chi connectivity index (χ2n) is 7.17. The zero-order valence-corrected chi connectivity index (χ0v) is 14.4. The standard InChI is InChI=1S/C18H17F4N5/c19-14-9-11(18(20,21)22)8-13-15-3-4-23-27(15)17(24-16(13)14)26-7-6-25-5-1-2-12(25)10-26/h3-4,8-9,12H,1-2,5-7,10H2. The van der Waals surface area contributed by atoms with Gasteiger partial charge in [0.1, 0.15) is 11.3 Å². The summed E-state index contributed by atoms with van der Waals surface area (Å²) in [6.07, 6.45) is -0.848. The van der Waals surface area contributed by atoms with E-state index in [4.69, 9.17) is 0 Å². The highest BCUT2D eigenvalue weighted by molar-refractivity contribution is 5.95. The molecule has 0 spiro atoms. The number of hydrogen-bond donors (Lipinski definition) is 0. The molecule has 1 aromatic carbocycles. The zero-order chi connectivity index (χ0) is 18.8. The Hall–Kier alpha value is -2.42. The third-order valence-corrected chi connectivity index (χ3v) is 5.58. The van der Waals surface area contributed by atoms with E-state index in [9.17, 15) is 17.6 Å². The molecule has 0 amide bonds. The second-order valence-corrected chi connectivity index (χ2v) is 7.17. The molecule has 5 rings (SSSR count). The van der Waals surface area contributed by atoms with Gasteiger partial charge < -0.3 is 4.90 Å². The van der Waals surface area contributed by atoms with Crippen LogP contribution in [0, 0.1) is 5.82 Å². The van der Waals surface area contributed by atoms with Gasteiger partial charge in [0.15, 0.2) is 0 Å². The van der Waals surface area contributed by atoms with Crippen LogP contribution < -0.4 is 4.90 Å². The molecule has 2 fully saturated rings. The number of rotatable bonds is 1. The molecule has 0 N–H and O–H groups in total. The maximum atomic E-state index is 14.6. The van der Waals surface area contributed by atoms with Crippen molar-refractivity contribution in [1.29, 1.82) is 0 Å². The number of nitrogens with zero attached hydrogens (tertiary/aromatic N) is 5. The van der Waals surface area contributed by atoms with Gasteiger partial charge in [-0.25, -0.2) is 9.37 Å². The van der Waals surface area contributed by atoms with Gasteiger partial charge in [0.25, 0.3) is 0 Å². The molecule has 2 aliphatic rings. The normalized spacial score (nSPS) is 21.3. The van der Waals surface area contributed by atoms with Crippen LogP contribution in [0.25, 0.3) is 16.4 Å². The molecule has 9 heteroatoms. The average Bonchev–Trinajstić information content (AvgIpc) is 3.29. The lowest BCUT2D eigenvalue weighted by molar-refractivity contribution is -0.137. The van der Waals surface area contributed by atoms with Gasteiger partial charge in [-0.15, -0.1) is 0 Å². The van der Waals surface area contributed by atoms with Crippen molar-refractivity contribution in [2.45, 2.75) is 25.1 Å². The van der Waals surface area contributed by atoms with Crippen LogP contribution in [0.3, 0.4) is 0 Å². The molecule has 27 heavy (non-hydrogen) atoms. The Labute approximate surface area is 152 Å². The van der Waals surface area contributed by atoms with Crippen molar-refractivity contribution in [3.05, 3.63) is 35.8 Å². The van der Waals surface area contributed by atoms with Crippen LogP contribution in [0.2, 0.25) is 0 Å². The number of anilines is 1. The molecular formula is C18H17F4N5. The number of fused-ring (bicyclic) bond motifs is 4. The van der Waals surface area contributed by atoms with E-state index in [1.807, 2.05) is 0 Å². The van der Waals surface area contributed by atoms with Crippen molar-refractivity contribution < 1.29 is 17.6 Å². The molecule has 2 aromatic heterocycles. The summed E-state index contributed by atoms with van der Waals surface area (Å²) < 4.78 is 55.4. The fraction of sp³-hybridized carbons (Fsp3) is 0.444. The van der Waals surface area contributed by atoms with E-state index < -0.39 is 17.6 Å². The zero-order valence-electron chi connectivity index (χ0n) is 14.4. The second kappa shape index (κ2) is 5.79. The number of hydrogen-bond acceptors (Lipinski definition) is 4. The van der Waals surface area contributed by atoms with Gasteiger partial charge in [0.05, 0.1) is 17.3 Å². The Balaban J connectivity index is 1.67. The van der Waals surface area contributed by atoms with Crippen LogP contribution in [-0.4, -0.2) is 51.7 Å². The first-order valence-electron chi connectivity index (χ1n) is 8.95. The molecule has 2 saturated heterocycles. The Bertz CT molecular complexity index is 1030. The summed E-state index contributed by atoms with van der Waals surface area (Å²) in [6, 6.07) is 3.49. The quantitative estimate of drug-likeness (QED) is 0.608. The monoisotopic (exact) mass is 379 g/mol. The van der Waals surface area contributed by atoms with Crippen LogP contribution in [0.1, 0.15) is 18.4 Å². The molecule has 0 aliphatic carbocycles. The smallest absolute Gasteiger partial charge is 0.338 e. The molecular weight excluding hydrogens is 362 g/mol. The molecule has 0 radical (unpaired) electrons. The number of piperazine rings is 1. The third-order valence-electron chi connectivity index (χ3n) is 5.58. The Kier molecular flexibility index (Phi) is 3.59. The SMILES string of the molecule is Fc1cc(C(F)(F)F)cc2c1nc(N1CCN3CCCC3C1)n1nccc21. The van der Waals surface area contributed by atoms with E-state index in [1.165, 1.54) is 10.7 Å². The fourth-order valence-electron chi connectivity index (χ4n) is 4.26. The van der Waals surface area contributed by atoms with Crippen molar-refractivity contribution in [2.24, 2.45) is 0 Å². The first-order chi connectivity index (χ1) is 12.9. The molecule has 4 heterocycles. The summed E-state index contributed by atoms with van der Waals surface area (Å²) in [5.41, 5.74) is -0.654. The van der Waals surface area contributed by atoms with Gasteiger partial charge in [-0.05, 0) is 37.6 Å². The molecule has 3 aromatic rings. The number of aromatic nitrogens is 3. The van der Waals surface area contributed by atoms with Crippen molar-refractivity contribution >= 4 is 22.4 Å². The van der Waals surface area contributed by atoms with Crippen LogP contribution in [0.15, 0.2) is 24.4 Å². The highest BCUT2D eigenvalue weighted by Gasteiger charge is 2.34. The van der Waals surface area contributed by atoms with E-state index >= 15 is 0 Å². The minimum absolute atomic E-state index is 0.0557. The van der Waals surface area contributed by atoms with Crippen LogP contribution in [-0.2, 0) is 6.18 Å². The molecule has 5 nitrogen and oxygen atoms in total. The number of halogens is 4. The lowest BCUT2D eigenvalue weighted by atomic mass is 10.1. The Morgan fingerprint density at radius 2 is 1.96 bits per heavy atom. The van der Waals surface area contributed by atoms with E-state index in [1.54, 1.807) is 6.07 Å². The lowest BCUT2D eigenvalue weighted by Crippen LogP contribution is -2.51. The van der Waals surface area contributed by atoms with Gasteiger partial charge in [-0.2, -0.15) is 22.8 Å². The highest BCUT2D eigenvalue weighted by atomic mass is 19.4. The lowest BCUT2D eigenvalue weighted by Gasteiger charge is -2.38. The first kappa shape index (κ1) is 16.7. The van der Waals surface area contributed by atoms with Gasteiger partial charge in [-0.1, -0.05) is 0 Å². The minimum Gasteiger partial charge on any atom is -0.338 e. The van der Waals surface area contributed by atoms with Crippen LogP contribution in [0.4, 0.5) is 23.5 Å². The summed E-state index contributed by atoms with van der Waals surface area (Å²) >= 11 is 0. The first-order valence-corrected chi connectivity index (χ1v) is 8.95. The van der Waals surface area contributed by atoms with Gasteiger partial charge in [0.2, 0.25) is 5.95 Å². The summed E-state index contributed by atoms with van der Waals surface area (Å²) in [5.74, 6) is -0.489. The summed E-state index contributed by atoms with van der Waals surface area (Å²) in [6.45, 7) is 3.47. The number of benzene rings is 1. The Morgan fingerprint density at radius 3 is 2.78 bits per heavy atom. The van der Waals surface area contributed by atoms with E-state index in [0.29, 0.717) is 23.6 Å². The third kappa shape index (κ3) is 2.63. The van der Waals surface area contributed by atoms with Gasteiger partial charge in [-0.3, -0.25) is 4.90 Å². The minimum atomic E-state index is -4.62. The largest absolute Gasteiger partial charge is 0.416 e. The predicted molar refractivity (Wildman–Crippen MR) is 92.3 cm³/mol. The van der Waals surface area contributed by atoms with Crippen molar-refractivity contribution in [2.75, 3.05) is 31.1 Å². The molecule has 0 saturated carbocycles. The van der Waals surface area contributed by atoms with Crippen molar-refractivity contribution in [1.82, 2.24) is 19.5 Å². The van der Waals surface area contributed by atoms with E-state index in [0.717, 1.165) is 45.1 Å². The summed E-state index contributed by atoms with van der Waals surface area (Å²) in [7, 11) is 0. The Morgan fingerprint density at radius 1 is 1.11 bits per heavy atom. The number of alkyl halides is 3. The summed E-state index contributed by atoms with van der Waals surface area (Å²) in [4.78, 5) is 8.90. The highest BCUT2D eigenvalue weighted by Crippen LogP contribution is 2.35. The van der Waals surface area contributed by atoms with E-state index in [-0.39, 0.29) is 10.9 Å². The molecule has 1 atom stereocenters. The molecule has 2 aliphatic heterocycles. The average molecular weight is 379 g/mol. The maximum Gasteiger partial charge on any atom is 0.416 e. The molecule has 142 valence electrons. The molecule has 0 bridgehead atoms. The van der Waals surface area contributed by atoms with Gasteiger partial charge in [0, 0.05) is 31.1 Å². The van der Waals surface area contributed by atoms with Crippen LogP contribution in [0.5, 0.6) is 0 Å². The maximum absolute atomic E-state index is 14.6. The topological polar surface area (TPSA) is 36.7 Å².